The highest BCUT2D eigenvalue weighted by molar-refractivity contribution is 5.91. The van der Waals surface area contributed by atoms with Crippen molar-refractivity contribution in [1.82, 2.24) is 5.32 Å². The Bertz CT molecular complexity index is 1120. The number of benzene rings is 2. The highest BCUT2D eigenvalue weighted by atomic mass is 16.5. The summed E-state index contributed by atoms with van der Waals surface area (Å²) in [5.74, 6) is -0.751. The second kappa shape index (κ2) is 10.2. The van der Waals surface area contributed by atoms with E-state index in [0.717, 1.165) is 22.9 Å². The van der Waals surface area contributed by atoms with Crippen LogP contribution in [-0.4, -0.2) is 18.4 Å². The molecule has 1 heterocycles. The van der Waals surface area contributed by atoms with Gasteiger partial charge in [-0.3, -0.25) is 9.59 Å². The molecule has 0 unspecified atom stereocenters. The second-order valence-corrected chi connectivity index (χ2v) is 6.72. The van der Waals surface area contributed by atoms with E-state index in [4.69, 9.17) is 9.15 Å². The number of hydrogen-bond acceptors (Lipinski definition) is 5. The van der Waals surface area contributed by atoms with Crippen molar-refractivity contribution in [1.29, 1.82) is 0 Å². The van der Waals surface area contributed by atoms with Crippen LogP contribution < -0.4 is 10.9 Å². The molecule has 3 rings (SSSR count). The van der Waals surface area contributed by atoms with Gasteiger partial charge in [-0.2, -0.15) is 0 Å². The van der Waals surface area contributed by atoms with Crippen LogP contribution in [0.25, 0.3) is 17.0 Å². The van der Waals surface area contributed by atoms with E-state index in [9.17, 15) is 14.4 Å². The first-order valence-corrected chi connectivity index (χ1v) is 9.77. The Labute approximate surface area is 174 Å². The SMILES string of the molecule is CCc1ccc2c(COC(=O)CCNC(=O)/C=C/c3ccccc3)cc(=O)oc2c1. The van der Waals surface area contributed by atoms with Gasteiger partial charge >= 0.3 is 11.6 Å². The summed E-state index contributed by atoms with van der Waals surface area (Å²) in [6.45, 7) is 2.14. The van der Waals surface area contributed by atoms with Gasteiger partial charge in [0.15, 0.2) is 0 Å². The molecular formula is C24H23NO5. The molecule has 0 aliphatic heterocycles. The zero-order chi connectivity index (χ0) is 21.3. The summed E-state index contributed by atoms with van der Waals surface area (Å²) in [5.41, 5.74) is 2.55. The molecule has 0 bridgehead atoms. The third kappa shape index (κ3) is 5.91. The highest BCUT2D eigenvalue weighted by Crippen LogP contribution is 2.20. The number of ether oxygens (including phenoxy) is 1. The van der Waals surface area contributed by atoms with Crippen molar-refractivity contribution < 1.29 is 18.7 Å². The number of carbonyl (C=O) groups excluding carboxylic acids is 2. The molecule has 1 amide bonds. The van der Waals surface area contributed by atoms with Crippen molar-refractivity contribution in [2.45, 2.75) is 26.4 Å². The fourth-order valence-electron chi connectivity index (χ4n) is 2.93. The van der Waals surface area contributed by atoms with Crippen LogP contribution in [-0.2, 0) is 27.4 Å². The third-order valence-electron chi connectivity index (χ3n) is 4.55. The summed E-state index contributed by atoms with van der Waals surface area (Å²) in [6, 6.07) is 16.4. The van der Waals surface area contributed by atoms with Crippen LogP contribution >= 0.6 is 0 Å². The Morgan fingerprint density at radius 1 is 1.10 bits per heavy atom. The van der Waals surface area contributed by atoms with Crippen LogP contribution in [0, 0.1) is 0 Å². The molecular weight excluding hydrogens is 382 g/mol. The lowest BCUT2D eigenvalue weighted by Gasteiger charge is -2.08. The Kier molecular flexibility index (Phi) is 7.16. The average molecular weight is 405 g/mol. The number of nitrogens with one attached hydrogen (secondary N) is 1. The van der Waals surface area contributed by atoms with E-state index < -0.39 is 11.6 Å². The van der Waals surface area contributed by atoms with Gasteiger partial charge in [-0.25, -0.2) is 4.79 Å². The van der Waals surface area contributed by atoms with Crippen LogP contribution in [0.1, 0.15) is 30.0 Å². The van der Waals surface area contributed by atoms with Crippen molar-refractivity contribution >= 4 is 28.9 Å². The van der Waals surface area contributed by atoms with Gasteiger partial charge in [0.2, 0.25) is 5.91 Å². The van der Waals surface area contributed by atoms with Crippen LogP contribution in [0.15, 0.2) is 69.9 Å². The van der Waals surface area contributed by atoms with Gasteiger partial charge in [-0.05, 0) is 29.7 Å². The van der Waals surface area contributed by atoms with Crippen molar-refractivity contribution in [3.05, 3.63) is 87.8 Å². The summed E-state index contributed by atoms with van der Waals surface area (Å²) in [6.07, 6.45) is 3.97. The molecule has 2 aromatic carbocycles. The fourth-order valence-corrected chi connectivity index (χ4v) is 2.93. The minimum absolute atomic E-state index is 0.0320. The molecule has 1 N–H and O–H groups in total. The minimum Gasteiger partial charge on any atom is -0.461 e. The Balaban J connectivity index is 1.49. The maximum Gasteiger partial charge on any atom is 0.336 e. The second-order valence-electron chi connectivity index (χ2n) is 6.72. The largest absolute Gasteiger partial charge is 0.461 e. The summed E-state index contributed by atoms with van der Waals surface area (Å²) < 4.78 is 10.5. The predicted octanol–water partition coefficient (Wildman–Crippen LogP) is 3.62. The highest BCUT2D eigenvalue weighted by Gasteiger charge is 2.10. The molecule has 6 nitrogen and oxygen atoms in total. The van der Waals surface area contributed by atoms with Crippen molar-refractivity contribution in [3.63, 3.8) is 0 Å². The molecule has 154 valence electrons. The zero-order valence-corrected chi connectivity index (χ0v) is 16.7. The van der Waals surface area contributed by atoms with Crippen LogP contribution in [0.3, 0.4) is 0 Å². The zero-order valence-electron chi connectivity index (χ0n) is 16.7. The first-order valence-electron chi connectivity index (χ1n) is 9.77. The molecule has 0 aliphatic carbocycles. The molecule has 3 aromatic rings. The number of fused-ring (bicyclic) bond motifs is 1. The van der Waals surface area contributed by atoms with Gasteiger partial charge in [0, 0.05) is 29.6 Å². The molecule has 30 heavy (non-hydrogen) atoms. The van der Waals surface area contributed by atoms with Crippen molar-refractivity contribution in [2.75, 3.05) is 6.54 Å². The topological polar surface area (TPSA) is 85.6 Å². The van der Waals surface area contributed by atoms with E-state index in [0.29, 0.717) is 11.1 Å². The first-order chi connectivity index (χ1) is 14.5. The van der Waals surface area contributed by atoms with E-state index in [1.165, 1.54) is 12.1 Å². The molecule has 0 saturated carbocycles. The molecule has 0 spiro atoms. The van der Waals surface area contributed by atoms with E-state index in [-0.39, 0.29) is 25.5 Å². The summed E-state index contributed by atoms with van der Waals surface area (Å²) in [5, 5.41) is 3.38. The molecule has 0 radical (unpaired) electrons. The van der Waals surface area contributed by atoms with E-state index >= 15 is 0 Å². The minimum atomic E-state index is -0.487. The molecule has 1 aromatic heterocycles. The fraction of sp³-hybridized carbons (Fsp3) is 0.208. The first kappa shape index (κ1) is 21.0. The molecule has 0 saturated heterocycles. The maximum atomic E-state index is 12.0. The smallest absolute Gasteiger partial charge is 0.336 e. The lowest BCUT2D eigenvalue weighted by Crippen LogP contribution is -2.24. The van der Waals surface area contributed by atoms with Gasteiger partial charge in [0.1, 0.15) is 12.2 Å². The predicted molar refractivity (Wildman–Crippen MR) is 115 cm³/mol. The van der Waals surface area contributed by atoms with Gasteiger partial charge < -0.3 is 14.5 Å². The van der Waals surface area contributed by atoms with Crippen molar-refractivity contribution in [3.8, 4) is 0 Å². The number of rotatable bonds is 8. The summed E-state index contributed by atoms with van der Waals surface area (Å²) in [7, 11) is 0. The van der Waals surface area contributed by atoms with Gasteiger partial charge in [-0.1, -0.05) is 49.4 Å². The van der Waals surface area contributed by atoms with Crippen LogP contribution in [0.5, 0.6) is 0 Å². The number of amides is 1. The third-order valence-corrected chi connectivity index (χ3v) is 4.55. The molecule has 0 atom stereocenters. The van der Waals surface area contributed by atoms with Crippen LogP contribution in [0.2, 0.25) is 0 Å². The monoisotopic (exact) mass is 405 g/mol. The van der Waals surface area contributed by atoms with Crippen LogP contribution in [0.4, 0.5) is 0 Å². The number of aryl methyl sites for hydroxylation is 1. The summed E-state index contributed by atoms with van der Waals surface area (Å²) in [4.78, 5) is 35.6. The number of hydrogen-bond donors (Lipinski definition) is 1. The van der Waals surface area contributed by atoms with Gasteiger partial charge in [0.25, 0.3) is 0 Å². The molecule has 0 fully saturated rings. The van der Waals surface area contributed by atoms with Gasteiger partial charge in [-0.15, -0.1) is 0 Å². The normalized spacial score (nSPS) is 11.0. The Hall–Kier alpha value is -3.67. The standard InChI is InChI=1S/C24H23NO5/c1-2-17-8-10-20-19(15-24(28)30-21(20)14-17)16-29-23(27)12-13-25-22(26)11-9-18-6-4-3-5-7-18/h3-11,14-15H,2,12-13,16H2,1H3,(H,25,26)/b11-9+. The average Bonchev–Trinajstić information content (AvgIpc) is 2.76. The Morgan fingerprint density at radius 3 is 2.67 bits per heavy atom. The molecule has 0 aliphatic rings. The lowest BCUT2D eigenvalue weighted by atomic mass is 10.1. The quantitative estimate of drug-likeness (QED) is 0.351. The lowest BCUT2D eigenvalue weighted by molar-refractivity contribution is -0.144. The van der Waals surface area contributed by atoms with Crippen molar-refractivity contribution in [2.24, 2.45) is 0 Å². The van der Waals surface area contributed by atoms with E-state index in [2.05, 4.69) is 5.32 Å². The maximum absolute atomic E-state index is 12.0. The van der Waals surface area contributed by atoms with E-state index in [1.54, 1.807) is 6.08 Å². The van der Waals surface area contributed by atoms with Gasteiger partial charge in [0.05, 0.1) is 6.42 Å². The summed E-state index contributed by atoms with van der Waals surface area (Å²) >= 11 is 0. The Morgan fingerprint density at radius 2 is 1.90 bits per heavy atom. The number of esters is 1. The number of carbonyl (C=O) groups is 2. The molecule has 6 heteroatoms. The van der Waals surface area contributed by atoms with E-state index in [1.807, 2.05) is 55.5 Å².